The highest BCUT2D eigenvalue weighted by Gasteiger charge is 2.31. The lowest BCUT2D eigenvalue weighted by Crippen LogP contribution is -2.35. The maximum atomic E-state index is 5.88. The molecule has 0 aromatic heterocycles. The molecule has 0 aliphatic carbocycles. The van der Waals surface area contributed by atoms with E-state index in [2.05, 4.69) is 43.0 Å². The minimum Gasteiger partial charge on any atom is -0.381 e. The third-order valence-corrected chi connectivity index (χ3v) is 4.56. The predicted octanol–water partition coefficient (Wildman–Crippen LogP) is 3.36. The van der Waals surface area contributed by atoms with Crippen LogP contribution in [0.1, 0.15) is 24.8 Å². The molecule has 0 spiro atoms. The molecule has 0 bridgehead atoms. The molecule has 0 saturated carbocycles. The van der Waals surface area contributed by atoms with Gasteiger partial charge in [0.05, 0.1) is 6.61 Å². The van der Waals surface area contributed by atoms with Gasteiger partial charge in [0.1, 0.15) is 0 Å². The number of benzene rings is 1. The summed E-state index contributed by atoms with van der Waals surface area (Å²) in [5.74, 6) is 0.898. The van der Waals surface area contributed by atoms with Gasteiger partial charge < -0.3 is 9.47 Å². The Morgan fingerprint density at radius 1 is 1.16 bits per heavy atom. The Morgan fingerprint density at radius 2 is 1.89 bits per heavy atom. The van der Waals surface area contributed by atoms with Crippen LogP contribution in [0.15, 0.2) is 30.3 Å². The van der Waals surface area contributed by atoms with E-state index in [-0.39, 0.29) is 5.41 Å². The molecule has 0 amide bonds. The lowest BCUT2D eigenvalue weighted by molar-refractivity contribution is -0.0273. The summed E-state index contributed by atoms with van der Waals surface area (Å²) in [6, 6.07) is 10.6. The van der Waals surface area contributed by atoms with Gasteiger partial charge in [-0.3, -0.25) is 0 Å². The quantitative estimate of drug-likeness (QED) is 0.610. The molecule has 3 heteroatoms. The van der Waals surface area contributed by atoms with Crippen molar-refractivity contribution in [3.05, 3.63) is 35.9 Å². The molecule has 0 N–H and O–H groups in total. The van der Waals surface area contributed by atoms with Crippen LogP contribution >= 0.6 is 12.6 Å². The van der Waals surface area contributed by atoms with E-state index in [9.17, 15) is 0 Å². The summed E-state index contributed by atoms with van der Waals surface area (Å²) in [4.78, 5) is 0. The average molecular weight is 280 g/mol. The van der Waals surface area contributed by atoms with Crippen LogP contribution in [0, 0.1) is 5.41 Å². The number of ether oxygens (including phenoxy) is 2. The fourth-order valence-electron chi connectivity index (χ4n) is 2.46. The van der Waals surface area contributed by atoms with Crippen LogP contribution in [-0.4, -0.2) is 32.2 Å². The standard InChI is InChI=1S/C16H24O2S/c19-14-16(8-11-17-12-9-16)13-18-10-4-7-15-5-2-1-3-6-15/h1-3,5-6,19H,4,7-14H2. The van der Waals surface area contributed by atoms with Gasteiger partial charge in [-0.15, -0.1) is 0 Å². The van der Waals surface area contributed by atoms with Crippen molar-refractivity contribution in [2.45, 2.75) is 25.7 Å². The smallest absolute Gasteiger partial charge is 0.0531 e. The largest absolute Gasteiger partial charge is 0.381 e. The second-order valence-electron chi connectivity index (χ2n) is 5.41. The maximum Gasteiger partial charge on any atom is 0.0531 e. The zero-order valence-corrected chi connectivity index (χ0v) is 12.4. The number of aryl methyl sites for hydroxylation is 1. The van der Waals surface area contributed by atoms with E-state index in [1.165, 1.54) is 5.56 Å². The summed E-state index contributed by atoms with van der Waals surface area (Å²) < 4.78 is 11.3. The third kappa shape index (κ3) is 4.83. The maximum absolute atomic E-state index is 5.88. The third-order valence-electron chi connectivity index (χ3n) is 3.89. The van der Waals surface area contributed by atoms with E-state index in [1.807, 2.05) is 0 Å². The van der Waals surface area contributed by atoms with Crippen LogP contribution in [-0.2, 0) is 15.9 Å². The molecule has 1 fully saturated rings. The van der Waals surface area contributed by atoms with E-state index < -0.39 is 0 Å². The van der Waals surface area contributed by atoms with Crippen LogP contribution < -0.4 is 0 Å². The average Bonchev–Trinajstić information content (AvgIpc) is 2.49. The molecule has 0 atom stereocenters. The lowest BCUT2D eigenvalue weighted by atomic mass is 9.83. The molecule has 1 aliphatic rings. The molecule has 106 valence electrons. The van der Waals surface area contributed by atoms with Crippen molar-refractivity contribution in [1.29, 1.82) is 0 Å². The van der Waals surface area contributed by atoms with Crippen LogP contribution in [0.5, 0.6) is 0 Å². The van der Waals surface area contributed by atoms with E-state index in [0.717, 1.165) is 57.9 Å². The zero-order chi connectivity index (χ0) is 13.4. The molecule has 19 heavy (non-hydrogen) atoms. The minimum atomic E-state index is 0.244. The molecular weight excluding hydrogens is 256 g/mol. The van der Waals surface area contributed by atoms with Crippen molar-refractivity contribution in [3.63, 3.8) is 0 Å². The highest BCUT2D eigenvalue weighted by atomic mass is 32.1. The highest BCUT2D eigenvalue weighted by Crippen LogP contribution is 2.32. The van der Waals surface area contributed by atoms with E-state index in [4.69, 9.17) is 9.47 Å². The van der Waals surface area contributed by atoms with E-state index in [0.29, 0.717) is 0 Å². The van der Waals surface area contributed by atoms with E-state index in [1.54, 1.807) is 0 Å². The predicted molar refractivity (Wildman–Crippen MR) is 81.9 cm³/mol. The summed E-state index contributed by atoms with van der Waals surface area (Å²) in [6.45, 7) is 3.38. The zero-order valence-electron chi connectivity index (χ0n) is 11.5. The van der Waals surface area contributed by atoms with Crippen LogP contribution in [0.25, 0.3) is 0 Å². The summed E-state index contributed by atoms with van der Waals surface area (Å²) >= 11 is 4.50. The number of rotatable bonds is 7. The fraction of sp³-hybridized carbons (Fsp3) is 0.625. The van der Waals surface area contributed by atoms with Gasteiger partial charge in [-0.2, -0.15) is 12.6 Å². The monoisotopic (exact) mass is 280 g/mol. The van der Waals surface area contributed by atoms with Crippen molar-refractivity contribution < 1.29 is 9.47 Å². The summed E-state index contributed by atoms with van der Waals surface area (Å²) in [7, 11) is 0. The Kier molecular flexibility index (Phi) is 6.21. The summed E-state index contributed by atoms with van der Waals surface area (Å²) in [5, 5.41) is 0. The van der Waals surface area contributed by atoms with Gasteiger partial charge in [0.15, 0.2) is 0 Å². The molecule has 1 aromatic rings. The second kappa shape index (κ2) is 7.93. The molecule has 0 radical (unpaired) electrons. The lowest BCUT2D eigenvalue weighted by Gasteiger charge is -2.35. The second-order valence-corrected chi connectivity index (χ2v) is 5.73. The number of hydrogen-bond donors (Lipinski definition) is 1. The SMILES string of the molecule is SCC1(COCCCc2ccccc2)CCOCC1. The Morgan fingerprint density at radius 3 is 2.58 bits per heavy atom. The number of hydrogen-bond acceptors (Lipinski definition) is 3. The Balaban J connectivity index is 1.63. The van der Waals surface area contributed by atoms with E-state index >= 15 is 0 Å². The molecule has 1 saturated heterocycles. The first-order valence-electron chi connectivity index (χ1n) is 7.15. The van der Waals surface area contributed by atoms with Crippen molar-refractivity contribution in [2.24, 2.45) is 5.41 Å². The fourth-order valence-corrected chi connectivity index (χ4v) is 2.87. The molecule has 1 aromatic carbocycles. The first-order chi connectivity index (χ1) is 9.35. The molecule has 1 aliphatic heterocycles. The van der Waals surface area contributed by atoms with Crippen molar-refractivity contribution in [1.82, 2.24) is 0 Å². The van der Waals surface area contributed by atoms with Crippen molar-refractivity contribution in [3.8, 4) is 0 Å². The normalized spacial score (nSPS) is 18.4. The van der Waals surface area contributed by atoms with Gasteiger partial charge in [0.2, 0.25) is 0 Å². The highest BCUT2D eigenvalue weighted by molar-refractivity contribution is 7.80. The van der Waals surface area contributed by atoms with Gasteiger partial charge >= 0.3 is 0 Å². The van der Waals surface area contributed by atoms with Crippen LogP contribution in [0.3, 0.4) is 0 Å². The van der Waals surface area contributed by atoms with Gasteiger partial charge in [-0.05, 0) is 37.0 Å². The summed E-state index contributed by atoms with van der Waals surface area (Å²) in [6.07, 6.45) is 4.34. The Labute approximate surface area is 121 Å². The molecule has 1 heterocycles. The van der Waals surface area contributed by atoms with Gasteiger partial charge in [-0.25, -0.2) is 0 Å². The van der Waals surface area contributed by atoms with Crippen molar-refractivity contribution >= 4 is 12.6 Å². The van der Waals surface area contributed by atoms with Crippen LogP contribution in [0.2, 0.25) is 0 Å². The first kappa shape index (κ1) is 14.9. The van der Waals surface area contributed by atoms with Gasteiger partial charge in [0.25, 0.3) is 0 Å². The summed E-state index contributed by atoms with van der Waals surface area (Å²) in [5.41, 5.74) is 1.63. The molecule has 2 rings (SSSR count). The molecular formula is C16H24O2S. The Hall–Kier alpha value is -0.510. The van der Waals surface area contributed by atoms with Crippen LogP contribution in [0.4, 0.5) is 0 Å². The van der Waals surface area contributed by atoms with Gasteiger partial charge in [-0.1, -0.05) is 30.3 Å². The molecule has 2 nitrogen and oxygen atoms in total. The topological polar surface area (TPSA) is 18.5 Å². The Bertz CT molecular complexity index is 347. The van der Waals surface area contributed by atoms with Gasteiger partial charge in [0, 0.05) is 25.2 Å². The first-order valence-corrected chi connectivity index (χ1v) is 7.78. The number of thiol groups is 1. The molecule has 0 unspecified atom stereocenters. The van der Waals surface area contributed by atoms with Crippen molar-refractivity contribution in [2.75, 3.05) is 32.2 Å². The minimum absolute atomic E-state index is 0.244.